The minimum atomic E-state index is -0.374. The predicted octanol–water partition coefficient (Wildman–Crippen LogP) is 2.46. The van der Waals surface area contributed by atoms with Gasteiger partial charge in [0.05, 0.1) is 24.1 Å². The first-order chi connectivity index (χ1) is 17.4. The minimum absolute atomic E-state index is 0.114. The van der Waals surface area contributed by atoms with Crippen LogP contribution in [-0.4, -0.2) is 82.8 Å². The van der Waals surface area contributed by atoms with Gasteiger partial charge in [0.2, 0.25) is 5.91 Å². The van der Waals surface area contributed by atoms with Crippen molar-refractivity contribution >= 4 is 23.3 Å². The number of allylic oxidation sites excluding steroid dienone is 2. The summed E-state index contributed by atoms with van der Waals surface area (Å²) in [5.41, 5.74) is 11.3. The molecule has 2 atom stereocenters. The van der Waals surface area contributed by atoms with E-state index in [4.69, 9.17) is 5.10 Å². The second-order valence-corrected chi connectivity index (χ2v) is 10.8. The van der Waals surface area contributed by atoms with Crippen LogP contribution in [0, 0.1) is 5.82 Å². The zero-order valence-electron chi connectivity index (χ0n) is 20.4. The molecule has 0 aromatic heterocycles. The second kappa shape index (κ2) is 8.15. The van der Waals surface area contributed by atoms with Crippen LogP contribution in [0.5, 0.6) is 0 Å². The van der Waals surface area contributed by atoms with E-state index in [2.05, 4.69) is 34.5 Å². The Bertz CT molecular complexity index is 1320. The highest BCUT2D eigenvalue weighted by Gasteiger charge is 2.39. The second-order valence-electron chi connectivity index (χ2n) is 10.8. The number of β-amino-alcohol motifs (C(OH)–C–C–N with tert-alkyl or cyclic N) is 1. The molecule has 2 fully saturated rings. The van der Waals surface area contributed by atoms with E-state index in [1.165, 1.54) is 11.1 Å². The number of nitrogens with one attached hydrogen (secondary N) is 1. The number of halogens is 1. The number of aliphatic hydroxyl groups excluding tert-OH is 1. The number of hydrogen-bond donors (Lipinski definition) is 2. The van der Waals surface area contributed by atoms with E-state index in [0.717, 1.165) is 65.9 Å². The quantitative estimate of drug-likeness (QED) is 0.686. The van der Waals surface area contributed by atoms with E-state index in [1.54, 1.807) is 17.0 Å². The highest BCUT2D eigenvalue weighted by molar-refractivity contribution is 6.20. The van der Waals surface area contributed by atoms with Gasteiger partial charge in [-0.15, -0.1) is 0 Å². The van der Waals surface area contributed by atoms with E-state index in [0.29, 0.717) is 25.7 Å². The Kier molecular flexibility index (Phi) is 4.98. The molecule has 2 N–H and O–H groups in total. The molecular formula is C28H30FN5O2. The molecule has 5 heterocycles. The minimum Gasteiger partial charge on any atom is -0.389 e. The Balaban J connectivity index is 1.25. The third-order valence-electron chi connectivity index (χ3n) is 8.42. The Morgan fingerprint density at radius 1 is 1.25 bits per heavy atom. The van der Waals surface area contributed by atoms with Gasteiger partial charge in [-0.2, -0.15) is 5.10 Å². The van der Waals surface area contributed by atoms with Crippen molar-refractivity contribution in [1.29, 1.82) is 0 Å². The standard InChI is InChI=1S/C28H30FN5O2/c1-32-13-23(28-24(14-32)22-10-18(29)7-16-5-6-25(27(16)22)30-31-28)17-8-19-3-2-4-20(9-17)34(19)15-26(36)33-11-21(35)12-33/h5-8,10,14,19-21,31,35H,2-4,9,11-13,15H2,1H3. The number of benzene rings is 1. The Hall–Kier alpha value is -3.23. The molecule has 1 aromatic rings. The van der Waals surface area contributed by atoms with Gasteiger partial charge >= 0.3 is 0 Å². The number of hydrazone groups is 1. The average Bonchev–Trinajstić information content (AvgIpc) is 3.15. The molecule has 1 amide bonds. The fraction of sp³-hybridized carbons (Fsp3) is 0.429. The smallest absolute Gasteiger partial charge is 0.236 e. The lowest BCUT2D eigenvalue weighted by molar-refractivity contribution is -0.144. The van der Waals surface area contributed by atoms with Crippen LogP contribution in [0.2, 0.25) is 0 Å². The van der Waals surface area contributed by atoms with Crippen LogP contribution in [0.25, 0.3) is 11.6 Å². The third-order valence-corrected chi connectivity index (χ3v) is 8.42. The largest absolute Gasteiger partial charge is 0.389 e. The lowest BCUT2D eigenvalue weighted by Gasteiger charge is -2.47. The molecule has 186 valence electrons. The number of carbonyl (C=O) groups is 1. The SMILES string of the molecule is CN1C=C2C(=C(C3=CC4CCCC(C3)N4CC(=O)N3CC(O)C3)C1)NN=C1C=Cc3cc(F)cc2c31. The molecule has 0 spiro atoms. The summed E-state index contributed by atoms with van der Waals surface area (Å²) in [6.45, 7) is 2.07. The molecule has 8 heteroatoms. The van der Waals surface area contributed by atoms with Crippen molar-refractivity contribution in [1.82, 2.24) is 20.1 Å². The van der Waals surface area contributed by atoms with E-state index >= 15 is 0 Å². The maximum atomic E-state index is 14.6. The molecule has 7 nitrogen and oxygen atoms in total. The highest BCUT2D eigenvalue weighted by atomic mass is 19.1. The van der Waals surface area contributed by atoms with Crippen LogP contribution < -0.4 is 5.43 Å². The van der Waals surface area contributed by atoms with Gasteiger partial charge < -0.3 is 14.9 Å². The number of hydrogen-bond acceptors (Lipinski definition) is 6. The van der Waals surface area contributed by atoms with Crippen molar-refractivity contribution in [2.45, 2.75) is 43.9 Å². The number of carbonyl (C=O) groups excluding carboxylic acids is 1. The highest BCUT2D eigenvalue weighted by Crippen LogP contribution is 2.42. The van der Waals surface area contributed by atoms with Crippen molar-refractivity contribution in [3.63, 3.8) is 0 Å². The third kappa shape index (κ3) is 3.46. The van der Waals surface area contributed by atoms with E-state index in [9.17, 15) is 14.3 Å². The molecule has 6 aliphatic rings. The molecule has 1 aromatic carbocycles. The summed E-state index contributed by atoms with van der Waals surface area (Å²) in [5.74, 6) is -0.129. The predicted molar refractivity (Wildman–Crippen MR) is 136 cm³/mol. The molecular weight excluding hydrogens is 457 g/mol. The molecule has 2 unspecified atom stereocenters. The topological polar surface area (TPSA) is 71.4 Å². The number of amides is 1. The zero-order valence-corrected chi connectivity index (χ0v) is 20.4. The van der Waals surface area contributed by atoms with Gasteiger partial charge in [-0.3, -0.25) is 15.1 Å². The molecule has 2 bridgehead atoms. The number of likely N-dealkylation sites (N-methyl/N-ethyl adjacent to an activating group) is 1. The number of piperidine rings is 1. The Morgan fingerprint density at radius 3 is 2.92 bits per heavy atom. The van der Waals surface area contributed by atoms with Crippen LogP contribution in [0.3, 0.4) is 0 Å². The lowest BCUT2D eigenvalue weighted by atomic mass is 9.80. The summed E-state index contributed by atoms with van der Waals surface area (Å²) in [7, 11) is 2.06. The summed E-state index contributed by atoms with van der Waals surface area (Å²) in [4.78, 5) is 19.1. The van der Waals surface area contributed by atoms with Crippen LogP contribution in [0.1, 0.15) is 42.4 Å². The van der Waals surface area contributed by atoms with E-state index in [1.807, 2.05) is 12.2 Å². The van der Waals surface area contributed by atoms with E-state index in [-0.39, 0.29) is 23.9 Å². The van der Waals surface area contributed by atoms with Crippen LogP contribution in [0.15, 0.2) is 52.4 Å². The first kappa shape index (κ1) is 22.0. The van der Waals surface area contributed by atoms with E-state index < -0.39 is 0 Å². The van der Waals surface area contributed by atoms with Crippen LogP contribution in [0.4, 0.5) is 4.39 Å². The zero-order chi connectivity index (χ0) is 24.6. The van der Waals surface area contributed by atoms with Gasteiger partial charge in [0.15, 0.2) is 0 Å². The van der Waals surface area contributed by atoms with Crippen LogP contribution >= 0.6 is 0 Å². The number of rotatable bonds is 3. The first-order valence-electron chi connectivity index (χ1n) is 12.9. The molecule has 1 aliphatic carbocycles. The fourth-order valence-corrected chi connectivity index (χ4v) is 6.64. The monoisotopic (exact) mass is 487 g/mol. The first-order valence-corrected chi connectivity index (χ1v) is 12.9. The van der Waals surface area contributed by atoms with Gasteiger partial charge in [0.1, 0.15) is 5.82 Å². The van der Waals surface area contributed by atoms with Gasteiger partial charge in [-0.25, -0.2) is 4.39 Å². The maximum absolute atomic E-state index is 14.6. The van der Waals surface area contributed by atoms with Crippen molar-refractivity contribution in [3.8, 4) is 0 Å². The van der Waals surface area contributed by atoms with Crippen molar-refractivity contribution in [3.05, 3.63) is 69.8 Å². The number of fused-ring (bicyclic) bond motifs is 4. The number of nitrogens with zero attached hydrogens (tertiary/aromatic N) is 4. The Labute approximate surface area is 209 Å². The summed E-state index contributed by atoms with van der Waals surface area (Å²) < 4.78 is 14.6. The van der Waals surface area contributed by atoms with Crippen molar-refractivity contribution in [2.24, 2.45) is 5.10 Å². The Morgan fingerprint density at radius 2 is 2.11 bits per heavy atom. The molecule has 0 saturated carbocycles. The molecule has 0 radical (unpaired) electrons. The van der Waals surface area contributed by atoms with Gasteiger partial charge in [0, 0.05) is 61.7 Å². The fourth-order valence-electron chi connectivity index (χ4n) is 6.64. The summed E-state index contributed by atoms with van der Waals surface area (Å²) in [5, 5.41) is 14.3. The molecule has 2 saturated heterocycles. The number of likely N-dealkylation sites (tertiary alicyclic amines) is 1. The van der Waals surface area contributed by atoms with Crippen molar-refractivity contribution < 1.29 is 14.3 Å². The molecule has 5 aliphatic heterocycles. The maximum Gasteiger partial charge on any atom is 0.236 e. The summed E-state index contributed by atoms with van der Waals surface area (Å²) in [6.07, 6.45) is 12.1. The van der Waals surface area contributed by atoms with Gasteiger partial charge in [-0.1, -0.05) is 18.6 Å². The lowest BCUT2D eigenvalue weighted by Crippen LogP contribution is -2.59. The van der Waals surface area contributed by atoms with Crippen molar-refractivity contribution in [2.75, 3.05) is 33.2 Å². The summed E-state index contributed by atoms with van der Waals surface area (Å²) in [6, 6.07) is 3.73. The number of aliphatic hydroxyl groups is 1. The molecule has 36 heavy (non-hydrogen) atoms. The van der Waals surface area contributed by atoms with Gasteiger partial charge in [0.25, 0.3) is 0 Å². The normalized spacial score (nSPS) is 26.9. The summed E-state index contributed by atoms with van der Waals surface area (Å²) >= 11 is 0. The average molecular weight is 488 g/mol. The molecule has 7 rings (SSSR count). The van der Waals surface area contributed by atoms with Crippen LogP contribution in [-0.2, 0) is 4.79 Å². The van der Waals surface area contributed by atoms with Gasteiger partial charge in [-0.05, 0) is 54.2 Å².